The fourth-order valence-corrected chi connectivity index (χ4v) is 9.56. The van der Waals surface area contributed by atoms with Crippen LogP contribution in [-0.4, -0.2) is 17.3 Å². The summed E-state index contributed by atoms with van der Waals surface area (Å²) < 4.78 is 20.4. The van der Waals surface area contributed by atoms with Crippen molar-refractivity contribution < 1.29 is 34.6 Å². The Morgan fingerprint density at radius 3 is 1.30 bits per heavy atom. The number of fused-ring (bicyclic) bond motifs is 9. The van der Waals surface area contributed by atoms with E-state index in [1.54, 1.807) is 6.07 Å². The summed E-state index contributed by atoms with van der Waals surface area (Å²) in [7, 11) is 0. The third-order valence-corrected chi connectivity index (χ3v) is 11.5. The van der Waals surface area contributed by atoms with Crippen molar-refractivity contribution in [3.8, 4) is 45.3 Å². The van der Waals surface area contributed by atoms with Gasteiger partial charge in [-0.05, 0) is 0 Å². The Morgan fingerprint density at radius 2 is 0.804 bits per heavy atom. The van der Waals surface area contributed by atoms with Crippen LogP contribution in [0.2, 0.25) is 0 Å². The molecule has 0 N–H and O–H groups in total. The van der Waals surface area contributed by atoms with Crippen LogP contribution in [0.1, 0.15) is 0 Å². The predicted octanol–water partition coefficient (Wildman–Crippen LogP) is 6.55. The Kier molecular flexibility index (Phi) is 7.20. The zero-order valence-electron chi connectivity index (χ0n) is 25.1. The normalized spacial score (nSPS) is 12.1. The molecule has 6 heteroatoms. The van der Waals surface area contributed by atoms with Crippen molar-refractivity contribution in [1.29, 1.82) is 0 Å². The van der Waals surface area contributed by atoms with Gasteiger partial charge in [0.25, 0.3) is 0 Å². The third kappa shape index (κ3) is 4.64. The summed E-state index contributed by atoms with van der Waals surface area (Å²) in [6.45, 7) is 0. The summed E-state index contributed by atoms with van der Waals surface area (Å²) in [4.78, 5) is 0. The first kappa shape index (κ1) is 28.7. The molecule has 0 bridgehead atoms. The van der Waals surface area contributed by atoms with E-state index in [1.807, 2.05) is 72.8 Å². The predicted molar refractivity (Wildman–Crippen MR) is 181 cm³/mol. The first-order valence-electron chi connectivity index (χ1n) is 15.0. The van der Waals surface area contributed by atoms with Gasteiger partial charge in [0.1, 0.15) is 0 Å². The Bertz CT molecular complexity index is 2370. The molecule has 0 amide bonds. The third-order valence-electron chi connectivity index (χ3n) is 8.73. The monoisotopic (exact) mass is 644 g/mol. The average molecular weight is 645 g/mol. The van der Waals surface area contributed by atoms with Crippen LogP contribution in [0.25, 0.3) is 65.3 Å². The molecular formula is C40H24GaLiO4. The van der Waals surface area contributed by atoms with E-state index >= 15 is 0 Å². The molecule has 0 atom stereocenters. The quantitative estimate of drug-likeness (QED) is 0.205. The second kappa shape index (κ2) is 11.5. The topological polar surface area (TPSA) is 50.8 Å². The van der Waals surface area contributed by atoms with Gasteiger partial charge in [-0.3, -0.25) is 0 Å². The van der Waals surface area contributed by atoms with Gasteiger partial charge < -0.3 is 0 Å². The van der Waals surface area contributed by atoms with Crippen LogP contribution >= 0.6 is 0 Å². The van der Waals surface area contributed by atoms with Gasteiger partial charge in [0.15, 0.2) is 0 Å². The van der Waals surface area contributed by atoms with E-state index in [0.29, 0.717) is 11.3 Å². The maximum atomic E-state index is 13.7. The van der Waals surface area contributed by atoms with Gasteiger partial charge in [0.05, 0.1) is 0 Å². The summed E-state index contributed by atoms with van der Waals surface area (Å²) in [5, 5.41) is 21.9. The molecular weight excluding hydrogens is 621 g/mol. The van der Waals surface area contributed by atoms with Gasteiger partial charge in [0.2, 0.25) is 0 Å². The molecule has 8 aromatic carbocycles. The van der Waals surface area contributed by atoms with E-state index in [4.69, 9.17) is 10.6 Å². The molecule has 0 saturated heterocycles. The summed E-state index contributed by atoms with van der Waals surface area (Å²) in [6, 6.07) is 48.5. The Labute approximate surface area is 284 Å². The van der Waals surface area contributed by atoms with Gasteiger partial charge in [0, 0.05) is 0 Å². The molecule has 46 heavy (non-hydrogen) atoms. The second-order valence-corrected chi connectivity index (χ2v) is 14.0. The molecule has 0 unspecified atom stereocenters. The summed E-state index contributed by atoms with van der Waals surface area (Å²) in [5.74, 6) is 2.01. The fourth-order valence-electron chi connectivity index (χ4n) is 6.72. The number of hydrogen-bond donors (Lipinski definition) is 0. The van der Waals surface area contributed by atoms with E-state index in [9.17, 15) is 5.11 Å². The van der Waals surface area contributed by atoms with E-state index in [0.717, 1.165) is 71.3 Å². The second-order valence-electron chi connectivity index (χ2n) is 11.3. The van der Waals surface area contributed by atoms with E-state index in [1.165, 1.54) is 0 Å². The summed E-state index contributed by atoms with van der Waals surface area (Å²) >= 11 is -3.58. The van der Waals surface area contributed by atoms with Crippen LogP contribution in [0.3, 0.4) is 0 Å². The SMILES string of the molecule is [Li+].[O-]c1ccc2ccccc2c1-c1c([O][Ga]2[O]c3ccc4ccccc4c3-c3c(ccc4ccccc34)[O]2)ccc2ccccc12. The van der Waals surface area contributed by atoms with Crippen molar-refractivity contribution in [2.45, 2.75) is 0 Å². The van der Waals surface area contributed by atoms with Crippen LogP contribution in [-0.2, 0) is 0 Å². The van der Waals surface area contributed by atoms with Crippen LogP contribution < -0.4 is 34.6 Å². The Balaban J connectivity index is 0.00000312. The van der Waals surface area contributed by atoms with Crippen LogP contribution in [0.15, 0.2) is 146 Å². The Morgan fingerprint density at radius 1 is 0.413 bits per heavy atom. The van der Waals surface area contributed by atoms with Gasteiger partial charge >= 0.3 is 286 Å². The van der Waals surface area contributed by atoms with Crippen molar-refractivity contribution in [2.75, 3.05) is 0 Å². The first-order chi connectivity index (χ1) is 22.2. The molecule has 0 aromatic heterocycles. The van der Waals surface area contributed by atoms with Gasteiger partial charge in [-0.15, -0.1) is 0 Å². The van der Waals surface area contributed by atoms with Gasteiger partial charge in [-0.2, -0.15) is 0 Å². The van der Waals surface area contributed by atoms with Crippen LogP contribution in [0, 0.1) is 0 Å². The first-order valence-corrected chi connectivity index (χ1v) is 17.9. The van der Waals surface area contributed by atoms with E-state index in [-0.39, 0.29) is 24.6 Å². The molecule has 0 aliphatic carbocycles. The molecule has 0 saturated carbocycles. The van der Waals surface area contributed by atoms with Gasteiger partial charge in [-0.1, -0.05) is 0 Å². The van der Waals surface area contributed by atoms with E-state index < -0.39 is 17.3 Å². The summed E-state index contributed by atoms with van der Waals surface area (Å²) in [5.41, 5.74) is 3.39. The molecule has 8 aromatic rings. The van der Waals surface area contributed by atoms with Crippen LogP contribution in [0.5, 0.6) is 23.0 Å². The van der Waals surface area contributed by atoms with Crippen molar-refractivity contribution in [1.82, 2.24) is 0 Å². The molecule has 1 heterocycles. The molecule has 0 radical (unpaired) electrons. The average Bonchev–Trinajstić information content (AvgIpc) is 3.25. The number of hydrogen-bond acceptors (Lipinski definition) is 4. The van der Waals surface area contributed by atoms with Gasteiger partial charge in [-0.25, -0.2) is 0 Å². The molecule has 0 fully saturated rings. The molecule has 1 aliphatic heterocycles. The van der Waals surface area contributed by atoms with Crippen molar-refractivity contribution in [3.63, 3.8) is 0 Å². The Hall–Kier alpha value is -4.77. The minimum atomic E-state index is -3.58. The summed E-state index contributed by atoms with van der Waals surface area (Å²) in [6.07, 6.45) is 0. The standard InChI is InChI=1S/2C20H14O2.Ga.Li/c2*21-17-11-9-13-5-1-3-7-15(13)19(17)20-16-8-4-2-6-14(16)10-12-18(20)22;;/h2*1-12,21-22H;;/q;;+3;+1/p-4. The fraction of sp³-hybridized carbons (Fsp3) is 0. The van der Waals surface area contributed by atoms with Crippen molar-refractivity contribution >= 4 is 60.4 Å². The van der Waals surface area contributed by atoms with E-state index in [2.05, 4.69) is 66.7 Å². The molecule has 4 nitrogen and oxygen atoms in total. The molecule has 1 aliphatic rings. The molecule has 9 rings (SSSR count). The van der Waals surface area contributed by atoms with Crippen LogP contribution in [0.4, 0.5) is 0 Å². The van der Waals surface area contributed by atoms with Crippen molar-refractivity contribution in [2.24, 2.45) is 0 Å². The maximum absolute atomic E-state index is 13.7. The molecule has 212 valence electrons. The van der Waals surface area contributed by atoms with Crippen molar-refractivity contribution in [3.05, 3.63) is 146 Å². The molecule has 0 spiro atoms. The minimum absolute atomic E-state index is 0. The zero-order chi connectivity index (χ0) is 29.9. The number of benzene rings is 8. The zero-order valence-corrected chi connectivity index (χ0v) is 27.5. The number of rotatable bonds is 3.